The second kappa shape index (κ2) is 7.31. The summed E-state index contributed by atoms with van der Waals surface area (Å²) in [5.41, 5.74) is 0. The number of thiocarbonyl (C=S) groups is 1. The summed E-state index contributed by atoms with van der Waals surface area (Å²) in [6.07, 6.45) is 0. The van der Waals surface area contributed by atoms with E-state index in [0.29, 0.717) is 5.17 Å². The van der Waals surface area contributed by atoms with Crippen LogP contribution in [0.3, 0.4) is 0 Å². The topological polar surface area (TPSA) is 33.7 Å². The lowest BCUT2D eigenvalue weighted by Crippen LogP contribution is -2.41. The summed E-state index contributed by atoms with van der Waals surface area (Å²) in [5, 5.41) is 3.53. The molecule has 1 heterocycles. The summed E-state index contributed by atoms with van der Waals surface area (Å²) in [6.45, 7) is 5.39. The maximum atomic E-state index is 5.48. The SMILES string of the molecule is S=C(NCCN1CCOCC1)Oc1ccccc1. The highest BCUT2D eigenvalue weighted by Gasteiger charge is 2.09. The van der Waals surface area contributed by atoms with Crippen molar-refractivity contribution in [3.05, 3.63) is 30.3 Å². The van der Waals surface area contributed by atoms with Crippen molar-refractivity contribution in [1.82, 2.24) is 10.2 Å². The van der Waals surface area contributed by atoms with Crippen molar-refractivity contribution in [3.63, 3.8) is 0 Å². The van der Waals surface area contributed by atoms with Gasteiger partial charge in [-0.2, -0.15) is 0 Å². The van der Waals surface area contributed by atoms with Gasteiger partial charge >= 0.3 is 0 Å². The van der Waals surface area contributed by atoms with Gasteiger partial charge in [0.25, 0.3) is 5.17 Å². The van der Waals surface area contributed by atoms with Crippen molar-refractivity contribution in [1.29, 1.82) is 0 Å². The van der Waals surface area contributed by atoms with E-state index in [-0.39, 0.29) is 0 Å². The van der Waals surface area contributed by atoms with Crippen LogP contribution in [0.15, 0.2) is 30.3 Å². The van der Waals surface area contributed by atoms with Crippen molar-refractivity contribution in [2.75, 3.05) is 39.4 Å². The fourth-order valence-electron chi connectivity index (χ4n) is 1.77. The maximum absolute atomic E-state index is 5.48. The predicted molar refractivity (Wildman–Crippen MR) is 74.9 cm³/mol. The lowest BCUT2D eigenvalue weighted by Gasteiger charge is -2.26. The van der Waals surface area contributed by atoms with Crippen LogP contribution in [0.2, 0.25) is 0 Å². The Labute approximate surface area is 113 Å². The number of nitrogens with one attached hydrogen (secondary N) is 1. The number of hydrogen-bond acceptors (Lipinski definition) is 4. The molecule has 0 spiro atoms. The second-order valence-corrected chi connectivity index (χ2v) is 4.45. The van der Waals surface area contributed by atoms with Crippen molar-refractivity contribution in [2.24, 2.45) is 0 Å². The first-order valence-electron chi connectivity index (χ1n) is 6.15. The Kier molecular flexibility index (Phi) is 5.38. The van der Waals surface area contributed by atoms with Gasteiger partial charge in [-0.05, 0) is 24.4 Å². The average Bonchev–Trinajstić information content (AvgIpc) is 2.41. The van der Waals surface area contributed by atoms with Crippen LogP contribution >= 0.6 is 12.2 Å². The van der Waals surface area contributed by atoms with Crippen LogP contribution in [-0.2, 0) is 4.74 Å². The first-order valence-corrected chi connectivity index (χ1v) is 6.56. The van der Waals surface area contributed by atoms with Gasteiger partial charge in [-0.1, -0.05) is 18.2 Å². The number of nitrogens with zero attached hydrogens (tertiary/aromatic N) is 1. The fourth-order valence-corrected chi connectivity index (χ4v) is 1.97. The molecule has 0 radical (unpaired) electrons. The first-order chi connectivity index (χ1) is 8.84. The molecule has 2 rings (SSSR count). The molecular weight excluding hydrogens is 248 g/mol. The molecule has 4 nitrogen and oxygen atoms in total. The number of benzene rings is 1. The van der Waals surface area contributed by atoms with Gasteiger partial charge in [-0.25, -0.2) is 0 Å². The normalized spacial score (nSPS) is 16.2. The monoisotopic (exact) mass is 266 g/mol. The summed E-state index contributed by atoms with van der Waals surface area (Å²) in [5.74, 6) is 0.765. The number of ether oxygens (including phenoxy) is 2. The van der Waals surface area contributed by atoms with Crippen LogP contribution in [0, 0.1) is 0 Å². The molecular formula is C13H18N2O2S. The Balaban J connectivity index is 1.62. The van der Waals surface area contributed by atoms with Gasteiger partial charge in [0.05, 0.1) is 13.2 Å². The molecule has 5 heteroatoms. The van der Waals surface area contributed by atoms with E-state index in [1.165, 1.54) is 0 Å². The molecule has 1 N–H and O–H groups in total. The average molecular weight is 266 g/mol. The van der Waals surface area contributed by atoms with Crippen LogP contribution < -0.4 is 10.1 Å². The van der Waals surface area contributed by atoms with E-state index >= 15 is 0 Å². The highest BCUT2D eigenvalue weighted by atomic mass is 32.1. The predicted octanol–water partition coefficient (Wildman–Crippen LogP) is 1.27. The van der Waals surface area contributed by atoms with Crippen molar-refractivity contribution < 1.29 is 9.47 Å². The molecule has 0 aliphatic carbocycles. The van der Waals surface area contributed by atoms with Gasteiger partial charge in [0.1, 0.15) is 5.75 Å². The Bertz CT molecular complexity index is 367. The third-order valence-corrected chi connectivity index (χ3v) is 2.98. The summed E-state index contributed by atoms with van der Waals surface area (Å²) in [4.78, 5) is 2.35. The zero-order valence-electron chi connectivity index (χ0n) is 10.3. The van der Waals surface area contributed by atoms with Crippen molar-refractivity contribution in [3.8, 4) is 5.75 Å². The lowest BCUT2D eigenvalue weighted by atomic mass is 10.3. The lowest BCUT2D eigenvalue weighted by molar-refractivity contribution is 0.0388. The van der Waals surface area contributed by atoms with Crippen molar-refractivity contribution >= 4 is 17.4 Å². The van der Waals surface area contributed by atoms with E-state index < -0.39 is 0 Å². The summed E-state index contributed by atoms with van der Waals surface area (Å²) in [6, 6.07) is 9.56. The molecule has 18 heavy (non-hydrogen) atoms. The van der Waals surface area contributed by atoms with Gasteiger partial charge in [0.2, 0.25) is 0 Å². The highest BCUT2D eigenvalue weighted by Crippen LogP contribution is 2.08. The van der Waals surface area contributed by atoms with Crippen LogP contribution in [0.1, 0.15) is 0 Å². The van der Waals surface area contributed by atoms with Crippen LogP contribution in [-0.4, -0.2) is 49.5 Å². The minimum atomic E-state index is 0.425. The highest BCUT2D eigenvalue weighted by molar-refractivity contribution is 7.80. The van der Waals surface area contributed by atoms with E-state index in [0.717, 1.165) is 45.1 Å². The minimum absolute atomic E-state index is 0.425. The quantitative estimate of drug-likeness (QED) is 0.830. The largest absolute Gasteiger partial charge is 0.432 e. The third kappa shape index (κ3) is 4.60. The minimum Gasteiger partial charge on any atom is -0.432 e. The number of para-hydroxylation sites is 1. The number of rotatable bonds is 4. The Morgan fingerprint density at radius 2 is 2.00 bits per heavy atom. The van der Waals surface area contributed by atoms with E-state index in [4.69, 9.17) is 21.7 Å². The molecule has 1 aromatic rings. The van der Waals surface area contributed by atoms with Gasteiger partial charge in [0.15, 0.2) is 0 Å². The zero-order chi connectivity index (χ0) is 12.6. The molecule has 0 amide bonds. The van der Waals surface area contributed by atoms with E-state index in [1.807, 2.05) is 30.3 Å². The van der Waals surface area contributed by atoms with Gasteiger partial charge < -0.3 is 14.8 Å². The molecule has 0 atom stereocenters. The molecule has 98 valence electrons. The van der Waals surface area contributed by atoms with Gasteiger partial charge in [-0.15, -0.1) is 0 Å². The molecule has 0 bridgehead atoms. The summed E-state index contributed by atoms with van der Waals surface area (Å²) >= 11 is 5.13. The molecule has 1 aliphatic rings. The molecule has 0 aromatic heterocycles. The van der Waals surface area contributed by atoms with Gasteiger partial charge in [-0.3, -0.25) is 4.90 Å². The number of morpholine rings is 1. The molecule has 1 aliphatic heterocycles. The number of hydrogen-bond donors (Lipinski definition) is 1. The summed E-state index contributed by atoms with van der Waals surface area (Å²) < 4.78 is 10.8. The standard InChI is InChI=1S/C13H18N2O2S/c18-13(17-12-4-2-1-3-5-12)14-6-7-15-8-10-16-11-9-15/h1-5H,6-11H2,(H,14,18). The molecule has 0 saturated carbocycles. The van der Waals surface area contributed by atoms with E-state index in [1.54, 1.807) is 0 Å². The molecule has 1 saturated heterocycles. The van der Waals surface area contributed by atoms with Crippen LogP contribution in [0.25, 0.3) is 0 Å². The fraction of sp³-hybridized carbons (Fsp3) is 0.462. The Hall–Kier alpha value is -1.17. The van der Waals surface area contributed by atoms with Crippen molar-refractivity contribution in [2.45, 2.75) is 0 Å². The molecule has 0 unspecified atom stereocenters. The van der Waals surface area contributed by atoms with E-state index in [9.17, 15) is 0 Å². The zero-order valence-corrected chi connectivity index (χ0v) is 11.1. The maximum Gasteiger partial charge on any atom is 0.262 e. The van der Waals surface area contributed by atoms with Gasteiger partial charge in [0, 0.05) is 26.2 Å². The van der Waals surface area contributed by atoms with Crippen LogP contribution in [0.4, 0.5) is 0 Å². The first kappa shape index (κ1) is 13.3. The second-order valence-electron chi connectivity index (χ2n) is 4.08. The Morgan fingerprint density at radius 3 is 2.72 bits per heavy atom. The molecule has 1 fully saturated rings. The van der Waals surface area contributed by atoms with Crippen LogP contribution in [0.5, 0.6) is 5.75 Å². The molecule has 1 aromatic carbocycles. The Morgan fingerprint density at radius 1 is 1.28 bits per heavy atom. The van der Waals surface area contributed by atoms with E-state index in [2.05, 4.69) is 10.2 Å². The third-order valence-electron chi connectivity index (χ3n) is 2.75. The smallest absolute Gasteiger partial charge is 0.262 e. The summed E-state index contributed by atoms with van der Waals surface area (Å²) in [7, 11) is 0.